The van der Waals surface area contributed by atoms with Crippen molar-refractivity contribution in [2.24, 2.45) is 0 Å². The van der Waals surface area contributed by atoms with Gasteiger partial charge in [-0.15, -0.1) is 0 Å². The van der Waals surface area contributed by atoms with Gasteiger partial charge in [0.05, 0.1) is 15.6 Å². The molecular weight excluding hydrogens is 475 g/mol. The van der Waals surface area contributed by atoms with Crippen LogP contribution >= 0.6 is 23.2 Å². The van der Waals surface area contributed by atoms with Crippen molar-refractivity contribution in [1.29, 1.82) is 0 Å². The van der Waals surface area contributed by atoms with Gasteiger partial charge in [0.2, 0.25) is 5.95 Å². The summed E-state index contributed by atoms with van der Waals surface area (Å²) in [6.07, 6.45) is 5.27. The number of amides is 1. The van der Waals surface area contributed by atoms with E-state index in [9.17, 15) is 14.7 Å². The number of hydrogen-bond donors (Lipinski definition) is 3. The maximum Gasteiger partial charge on any atom is 0.326 e. The summed E-state index contributed by atoms with van der Waals surface area (Å²) in [7, 11) is 0. The number of anilines is 2. The Morgan fingerprint density at radius 2 is 1.74 bits per heavy atom. The second kappa shape index (κ2) is 11.6. The highest BCUT2D eigenvalue weighted by atomic mass is 35.5. The van der Waals surface area contributed by atoms with Crippen molar-refractivity contribution in [3.05, 3.63) is 87.7 Å². The van der Waals surface area contributed by atoms with Crippen molar-refractivity contribution in [1.82, 2.24) is 15.3 Å². The predicted molar refractivity (Wildman–Crippen MR) is 135 cm³/mol. The van der Waals surface area contributed by atoms with E-state index in [0.717, 1.165) is 16.9 Å². The summed E-state index contributed by atoms with van der Waals surface area (Å²) in [4.78, 5) is 32.9. The van der Waals surface area contributed by atoms with Gasteiger partial charge in [0.15, 0.2) is 0 Å². The van der Waals surface area contributed by atoms with Crippen LogP contribution in [0.2, 0.25) is 10.0 Å². The lowest BCUT2D eigenvalue weighted by Gasteiger charge is -2.14. The zero-order chi connectivity index (χ0) is 24.7. The third-order valence-electron chi connectivity index (χ3n) is 4.91. The minimum Gasteiger partial charge on any atom is -0.480 e. The van der Waals surface area contributed by atoms with E-state index in [-0.39, 0.29) is 22.0 Å². The average Bonchev–Trinajstić information content (AvgIpc) is 2.79. The minimum atomic E-state index is -1.16. The highest BCUT2D eigenvalue weighted by Crippen LogP contribution is 2.24. The number of nitrogens with zero attached hydrogens (tertiary/aromatic N) is 2. The van der Waals surface area contributed by atoms with Crippen LogP contribution in [0.4, 0.5) is 11.6 Å². The zero-order valence-corrected chi connectivity index (χ0v) is 20.1. The first-order valence-electron chi connectivity index (χ1n) is 10.6. The van der Waals surface area contributed by atoms with Crippen molar-refractivity contribution >= 4 is 52.8 Å². The molecule has 0 spiro atoms. The highest BCUT2D eigenvalue weighted by Gasteiger charge is 2.22. The van der Waals surface area contributed by atoms with Crippen LogP contribution in [0.3, 0.4) is 0 Å². The van der Waals surface area contributed by atoms with E-state index in [4.69, 9.17) is 23.2 Å². The molecule has 3 rings (SSSR count). The Morgan fingerprint density at radius 1 is 1.06 bits per heavy atom. The molecule has 1 atom stereocenters. The van der Waals surface area contributed by atoms with Crippen LogP contribution in [0, 0.1) is 0 Å². The van der Waals surface area contributed by atoms with Crippen LogP contribution < -0.4 is 10.6 Å². The molecule has 1 aromatic heterocycles. The first-order chi connectivity index (χ1) is 16.2. The Bertz CT molecular complexity index is 1180. The molecule has 0 aliphatic carbocycles. The number of carboxylic acid groups (broad SMARTS) is 1. The molecule has 0 saturated carbocycles. The number of carbonyl (C=O) groups is 2. The quantitative estimate of drug-likeness (QED) is 0.337. The molecule has 9 heteroatoms. The van der Waals surface area contributed by atoms with E-state index in [0.29, 0.717) is 11.9 Å². The molecule has 34 heavy (non-hydrogen) atoms. The molecule has 1 heterocycles. The summed E-state index contributed by atoms with van der Waals surface area (Å²) in [6.45, 7) is 4.14. The van der Waals surface area contributed by atoms with Crippen LogP contribution in [0.1, 0.15) is 47.8 Å². The topological polar surface area (TPSA) is 104 Å². The minimum absolute atomic E-state index is 0.0482. The summed E-state index contributed by atoms with van der Waals surface area (Å²) < 4.78 is 0. The molecule has 0 radical (unpaired) electrons. The summed E-state index contributed by atoms with van der Waals surface area (Å²) in [5, 5.41) is 15.4. The largest absolute Gasteiger partial charge is 0.480 e. The van der Waals surface area contributed by atoms with Gasteiger partial charge in [-0.3, -0.25) is 4.79 Å². The standard InChI is InChI=1S/C25H24Cl2N4O3/c1-15(2)20-13-14-28-25(31-20)29-17-11-9-16(10-12-17)5-3-8-21(24(33)34)30-23(32)22-18(26)6-4-7-19(22)27/h3-7,9-15,21H,8H2,1-2H3,(H,30,32)(H,33,34)(H,28,29,31). The first-order valence-corrected chi connectivity index (χ1v) is 11.3. The van der Waals surface area contributed by atoms with Gasteiger partial charge >= 0.3 is 5.97 Å². The first kappa shape index (κ1) is 25.2. The summed E-state index contributed by atoms with van der Waals surface area (Å²) >= 11 is 12.1. The van der Waals surface area contributed by atoms with Gasteiger partial charge < -0.3 is 15.7 Å². The van der Waals surface area contributed by atoms with Crippen LogP contribution in [0.5, 0.6) is 0 Å². The zero-order valence-electron chi connectivity index (χ0n) is 18.6. The average molecular weight is 499 g/mol. The van der Waals surface area contributed by atoms with Crippen molar-refractivity contribution < 1.29 is 14.7 Å². The number of aromatic nitrogens is 2. The second-order valence-corrected chi connectivity index (χ2v) is 8.62. The fourth-order valence-corrected chi connectivity index (χ4v) is 3.64. The van der Waals surface area contributed by atoms with Crippen molar-refractivity contribution in [3.8, 4) is 0 Å². The fourth-order valence-electron chi connectivity index (χ4n) is 3.07. The number of rotatable bonds is 9. The molecule has 176 valence electrons. The Balaban J connectivity index is 1.61. The van der Waals surface area contributed by atoms with E-state index in [1.54, 1.807) is 24.4 Å². The van der Waals surface area contributed by atoms with E-state index in [1.807, 2.05) is 30.3 Å². The molecule has 0 saturated heterocycles. The molecule has 0 aliphatic rings. The highest BCUT2D eigenvalue weighted by molar-refractivity contribution is 6.39. The van der Waals surface area contributed by atoms with Gasteiger partial charge in [-0.2, -0.15) is 0 Å². The van der Waals surface area contributed by atoms with Crippen molar-refractivity contribution in [3.63, 3.8) is 0 Å². The maximum atomic E-state index is 12.5. The van der Waals surface area contributed by atoms with E-state index in [2.05, 4.69) is 34.4 Å². The van der Waals surface area contributed by atoms with Crippen molar-refractivity contribution in [2.75, 3.05) is 5.32 Å². The number of nitrogens with one attached hydrogen (secondary N) is 2. The molecule has 3 N–H and O–H groups in total. The molecule has 2 aromatic carbocycles. The van der Waals surface area contributed by atoms with E-state index < -0.39 is 17.9 Å². The number of carbonyl (C=O) groups excluding carboxylic acids is 1. The van der Waals surface area contributed by atoms with E-state index in [1.165, 1.54) is 12.1 Å². The van der Waals surface area contributed by atoms with Crippen LogP contribution in [-0.2, 0) is 4.79 Å². The van der Waals surface area contributed by atoms with Gasteiger partial charge in [0, 0.05) is 17.6 Å². The second-order valence-electron chi connectivity index (χ2n) is 7.81. The van der Waals surface area contributed by atoms with Gasteiger partial charge in [-0.05, 0) is 48.2 Å². The lowest BCUT2D eigenvalue weighted by Crippen LogP contribution is -2.40. The van der Waals surface area contributed by atoms with Crippen LogP contribution in [0.25, 0.3) is 6.08 Å². The Hall–Kier alpha value is -3.42. The number of aliphatic carboxylic acids is 1. The Labute approximate surface area is 207 Å². The molecule has 0 aliphatic heterocycles. The van der Waals surface area contributed by atoms with Crippen molar-refractivity contribution in [2.45, 2.75) is 32.2 Å². The molecule has 1 amide bonds. The third kappa shape index (κ3) is 6.79. The van der Waals surface area contributed by atoms with Crippen LogP contribution in [0.15, 0.2) is 60.8 Å². The molecule has 7 nitrogen and oxygen atoms in total. The van der Waals surface area contributed by atoms with Crippen LogP contribution in [-0.4, -0.2) is 33.0 Å². The third-order valence-corrected chi connectivity index (χ3v) is 5.54. The number of halogens is 2. The lowest BCUT2D eigenvalue weighted by atomic mass is 10.1. The normalized spacial score (nSPS) is 12.0. The lowest BCUT2D eigenvalue weighted by molar-refractivity contribution is -0.139. The Kier molecular flexibility index (Phi) is 8.62. The summed E-state index contributed by atoms with van der Waals surface area (Å²) in [5.41, 5.74) is 2.69. The van der Waals surface area contributed by atoms with Gasteiger partial charge in [0.25, 0.3) is 5.91 Å². The molecule has 1 unspecified atom stereocenters. The number of benzene rings is 2. The number of hydrogen-bond acceptors (Lipinski definition) is 5. The summed E-state index contributed by atoms with van der Waals surface area (Å²) in [5.74, 6) is -0.981. The Morgan fingerprint density at radius 3 is 2.35 bits per heavy atom. The number of carboxylic acids is 1. The summed E-state index contributed by atoms with van der Waals surface area (Å²) in [6, 6.07) is 12.9. The van der Waals surface area contributed by atoms with Gasteiger partial charge in [-0.25, -0.2) is 14.8 Å². The molecule has 0 fully saturated rings. The maximum absolute atomic E-state index is 12.5. The van der Waals surface area contributed by atoms with Gasteiger partial charge in [-0.1, -0.05) is 67.4 Å². The molecular formula is C25H24Cl2N4O3. The van der Waals surface area contributed by atoms with Gasteiger partial charge in [0.1, 0.15) is 6.04 Å². The monoisotopic (exact) mass is 498 g/mol. The smallest absolute Gasteiger partial charge is 0.326 e. The SMILES string of the molecule is CC(C)c1ccnc(Nc2ccc(C=CCC(NC(=O)c3c(Cl)cccc3Cl)C(=O)O)cc2)n1. The molecule has 3 aromatic rings. The molecule has 0 bridgehead atoms. The predicted octanol–water partition coefficient (Wildman–Crippen LogP) is 5.94. The van der Waals surface area contributed by atoms with E-state index >= 15 is 0 Å². The fraction of sp³-hybridized carbons (Fsp3) is 0.200.